The van der Waals surface area contributed by atoms with Crippen LogP contribution >= 0.6 is 11.3 Å². The monoisotopic (exact) mass is 375 g/mol. The molecule has 2 N–H and O–H groups in total. The van der Waals surface area contributed by atoms with Gasteiger partial charge in [-0.3, -0.25) is 0 Å². The first-order valence-corrected chi connectivity index (χ1v) is 10.4. The zero-order valence-corrected chi connectivity index (χ0v) is 15.7. The van der Waals surface area contributed by atoms with Crippen molar-refractivity contribution in [1.82, 2.24) is 14.9 Å². The second-order valence-electron chi connectivity index (χ2n) is 5.88. The summed E-state index contributed by atoms with van der Waals surface area (Å²) in [4.78, 5) is 13.7. The molecular weight excluding hydrogens is 350 g/mol. The first kappa shape index (κ1) is 19.2. The van der Waals surface area contributed by atoms with Gasteiger partial charge in [-0.15, -0.1) is 11.3 Å². The summed E-state index contributed by atoms with van der Waals surface area (Å²) in [5.41, 5.74) is -0.582. The molecule has 1 aromatic heterocycles. The Morgan fingerprint density at radius 1 is 1.42 bits per heavy atom. The number of piperidine rings is 1. The molecule has 1 aromatic rings. The quantitative estimate of drug-likeness (QED) is 0.758. The minimum Gasteiger partial charge on any atom is -0.385 e. The Morgan fingerprint density at radius 2 is 2.12 bits per heavy atom. The predicted molar refractivity (Wildman–Crippen MR) is 93.7 cm³/mol. The van der Waals surface area contributed by atoms with Crippen LogP contribution in [0.4, 0.5) is 4.79 Å². The molecule has 136 valence electrons. The predicted octanol–water partition coefficient (Wildman–Crippen LogP) is 1.63. The Bertz CT molecular complexity index is 623. The summed E-state index contributed by atoms with van der Waals surface area (Å²) in [7, 11) is -1.96. The van der Waals surface area contributed by atoms with E-state index < -0.39 is 15.6 Å². The van der Waals surface area contributed by atoms with Crippen LogP contribution in [-0.4, -0.2) is 58.2 Å². The summed E-state index contributed by atoms with van der Waals surface area (Å²) in [6.07, 6.45) is 1.72. The maximum Gasteiger partial charge on any atom is 0.317 e. The highest BCUT2D eigenvalue weighted by Gasteiger charge is 2.39. The largest absolute Gasteiger partial charge is 0.385 e. The fourth-order valence-electron chi connectivity index (χ4n) is 2.85. The molecule has 0 atom stereocenters. The number of carbonyl (C=O) groups is 1. The van der Waals surface area contributed by atoms with Crippen molar-refractivity contribution < 1.29 is 17.9 Å². The number of hydrogen-bond acceptors (Lipinski definition) is 5. The van der Waals surface area contributed by atoms with Crippen LogP contribution in [0.3, 0.4) is 0 Å². The van der Waals surface area contributed by atoms with E-state index in [0.29, 0.717) is 49.7 Å². The van der Waals surface area contributed by atoms with Crippen LogP contribution in [0.1, 0.15) is 26.2 Å². The minimum atomic E-state index is -3.56. The second kappa shape index (κ2) is 8.28. The van der Waals surface area contributed by atoms with Gasteiger partial charge in [0.25, 0.3) is 10.0 Å². The van der Waals surface area contributed by atoms with E-state index in [1.54, 1.807) is 29.5 Å². The normalized spacial score (nSPS) is 17.7. The lowest BCUT2D eigenvalue weighted by molar-refractivity contribution is 0.115. The number of nitrogens with zero attached hydrogens (tertiary/aromatic N) is 1. The molecule has 2 rings (SSSR count). The van der Waals surface area contributed by atoms with Crippen molar-refractivity contribution in [2.24, 2.45) is 0 Å². The maximum absolute atomic E-state index is 12.6. The van der Waals surface area contributed by atoms with Gasteiger partial charge in [-0.25, -0.2) is 17.9 Å². The number of nitrogens with one attached hydrogen (secondary N) is 2. The molecule has 1 aliphatic rings. The smallest absolute Gasteiger partial charge is 0.317 e. The Hall–Kier alpha value is -1.16. The molecule has 2 heterocycles. The van der Waals surface area contributed by atoms with E-state index in [-0.39, 0.29) is 6.03 Å². The Labute approximate surface area is 147 Å². The summed E-state index contributed by atoms with van der Waals surface area (Å²) in [6.45, 7) is 3.95. The van der Waals surface area contributed by atoms with E-state index >= 15 is 0 Å². The van der Waals surface area contributed by atoms with Crippen molar-refractivity contribution in [2.75, 3.05) is 33.4 Å². The lowest BCUT2D eigenvalue weighted by atomic mass is 9.86. The Balaban J connectivity index is 2.10. The van der Waals surface area contributed by atoms with Crippen molar-refractivity contribution in [1.29, 1.82) is 0 Å². The van der Waals surface area contributed by atoms with Crippen molar-refractivity contribution in [2.45, 2.75) is 35.9 Å². The summed E-state index contributed by atoms with van der Waals surface area (Å²) >= 11 is 1.20. The summed E-state index contributed by atoms with van der Waals surface area (Å²) in [6, 6.07) is 3.22. The van der Waals surface area contributed by atoms with E-state index in [1.807, 2.05) is 6.92 Å². The molecule has 0 saturated carbocycles. The molecule has 0 bridgehead atoms. The molecule has 1 fully saturated rings. The number of thiophene rings is 1. The number of rotatable bonds is 7. The van der Waals surface area contributed by atoms with Crippen molar-refractivity contribution in [3.63, 3.8) is 0 Å². The van der Waals surface area contributed by atoms with E-state index in [1.165, 1.54) is 11.3 Å². The first-order chi connectivity index (χ1) is 11.4. The Morgan fingerprint density at radius 3 is 2.67 bits per heavy atom. The van der Waals surface area contributed by atoms with E-state index in [0.717, 1.165) is 0 Å². The zero-order chi connectivity index (χ0) is 17.6. The highest BCUT2D eigenvalue weighted by molar-refractivity contribution is 7.91. The Kier molecular flexibility index (Phi) is 6.62. The molecule has 1 saturated heterocycles. The molecule has 24 heavy (non-hydrogen) atoms. The minimum absolute atomic E-state index is 0.0982. The topological polar surface area (TPSA) is 87.7 Å². The van der Waals surface area contributed by atoms with Crippen molar-refractivity contribution in [3.05, 3.63) is 17.5 Å². The number of amides is 2. The lowest BCUT2D eigenvalue weighted by Gasteiger charge is -2.41. The molecule has 0 unspecified atom stereocenters. The molecule has 0 radical (unpaired) electrons. The van der Waals surface area contributed by atoms with Gasteiger partial charge in [0.2, 0.25) is 0 Å². The molecule has 2 amide bonds. The van der Waals surface area contributed by atoms with E-state index in [2.05, 4.69) is 10.0 Å². The fraction of sp³-hybridized carbons (Fsp3) is 0.667. The van der Waals surface area contributed by atoms with Gasteiger partial charge in [0.1, 0.15) is 4.21 Å². The van der Waals surface area contributed by atoms with Gasteiger partial charge in [0.05, 0.1) is 0 Å². The fourth-order valence-corrected chi connectivity index (χ4v) is 5.33. The van der Waals surface area contributed by atoms with Gasteiger partial charge < -0.3 is 15.0 Å². The van der Waals surface area contributed by atoms with Gasteiger partial charge in [0, 0.05) is 38.9 Å². The number of urea groups is 1. The highest BCUT2D eigenvalue weighted by atomic mass is 32.2. The van der Waals surface area contributed by atoms with Crippen LogP contribution in [0, 0.1) is 0 Å². The zero-order valence-electron chi connectivity index (χ0n) is 14.1. The number of sulfonamides is 1. The van der Waals surface area contributed by atoms with Gasteiger partial charge >= 0.3 is 6.03 Å². The van der Waals surface area contributed by atoms with Gasteiger partial charge in [-0.2, -0.15) is 0 Å². The number of ether oxygens (including phenoxy) is 1. The SMILES string of the molecule is CCNC(=O)N1CCC(CCOC)(NS(=O)(=O)c2cccs2)CC1. The third kappa shape index (κ3) is 4.69. The van der Waals surface area contributed by atoms with Crippen LogP contribution in [-0.2, 0) is 14.8 Å². The van der Waals surface area contributed by atoms with E-state index in [9.17, 15) is 13.2 Å². The second-order valence-corrected chi connectivity index (χ2v) is 8.74. The van der Waals surface area contributed by atoms with Crippen LogP contribution in [0.15, 0.2) is 21.7 Å². The van der Waals surface area contributed by atoms with Crippen molar-refractivity contribution >= 4 is 27.4 Å². The first-order valence-electron chi connectivity index (χ1n) is 8.02. The highest BCUT2D eigenvalue weighted by Crippen LogP contribution is 2.29. The van der Waals surface area contributed by atoms with Gasteiger partial charge in [-0.1, -0.05) is 6.07 Å². The number of carbonyl (C=O) groups excluding carboxylic acids is 1. The molecule has 1 aliphatic heterocycles. The average molecular weight is 376 g/mol. The average Bonchev–Trinajstić information content (AvgIpc) is 3.09. The molecular formula is C15H25N3O4S2. The molecule has 0 aliphatic carbocycles. The van der Waals surface area contributed by atoms with Crippen LogP contribution in [0.25, 0.3) is 0 Å². The third-order valence-electron chi connectivity index (χ3n) is 4.23. The summed E-state index contributed by atoms with van der Waals surface area (Å²) in [5.74, 6) is 0. The molecule has 7 nitrogen and oxygen atoms in total. The number of methoxy groups -OCH3 is 1. The van der Waals surface area contributed by atoms with E-state index in [4.69, 9.17) is 4.74 Å². The lowest BCUT2D eigenvalue weighted by Crippen LogP contribution is -2.57. The van der Waals surface area contributed by atoms with Gasteiger partial charge in [-0.05, 0) is 37.6 Å². The number of hydrogen-bond donors (Lipinski definition) is 2. The van der Waals surface area contributed by atoms with Crippen molar-refractivity contribution in [3.8, 4) is 0 Å². The maximum atomic E-state index is 12.6. The summed E-state index contributed by atoms with van der Waals surface area (Å²) in [5, 5.41) is 4.53. The van der Waals surface area contributed by atoms with Gasteiger partial charge in [0.15, 0.2) is 0 Å². The summed E-state index contributed by atoms with van der Waals surface area (Å²) < 4.78 is 33.6. The van der Waals surface area contributed by atoms with Crippen LogP contribution in [0.5, 0.6) is 0 Å². The van der Waals surface area contributed by atoms with Crippen LogP contribution in [0.2, 0.25) is 0 Å². The standard InChI is InChI=1S/C15H25N3O4S2/c1-3-16-14(19)18-9-6-15(7-10-18,8-11-22-2)17-24(20,21)13-5-4-12-23-13/h4-5,12,17H,3,6-11H2,1-2H3,(H,16,19). The number of likely N-dealkylation sites (tertiary alicyclic amines) is 1. The molecule has 0 aromatic carbocycles. The van der Waals surface area contributed by atoms with Crippen LogP contribution < -0.4 is 10.0 Å². The third-order valence-corrected chi connectivity index (χ3v) is 7.21. The molecule has 9 heteroatoms. The molecule has 0 spiro atoms.